The van der Waals surface area contributed by atoms with Crippen LogP contribution in [0.2, 0.25) is 5.02 Å². The molecule has 0 unspecified atom stereocenters. The lowest BCUT2D eigenvalue weighted by molar-refractivity contribution is -0.140. The normalized spacial score (nSPS) is 12.3. The summed E-state index contributed by atoms with van der Waals surface area (Å²) in [5, 5.41) is 12.7. The molecule has 1 aromatic rings. The van der Waals surface area contributed by atoms with Gasteiger partial charge in [0.25, 0.3) is 0 Å². The average Bonchev–Trinajstić information content (AvgIpc) is 2.45. The second-order valence-electron chi connectivity index (χ2n) is 5.40. The van der Waals surface area contributed by atoms with Gasteiger partial charge in [0.2, 0.25) is 0 Å². The van der Waals surface area contributed by atoms with Gasteiger partial charge in [-0.25, -0.2) is 0 Å². The average molecular weight is 330 g/mol. The standard InChI is InChI=1S/C16H24ClNO4/c1-5-6-22-15-12(17)7-11(8-13(15)21-4)9-18-14(10(2)3)16(19)20/h7-8,10,14,18H,5-6,9H2,1-4H3,(H,19,20)/t14-/m0/s1. The first-order chi connectivity index (χ1) is 10.4. The van der Waals surface area contributed by atoms with Crippen LogP contribution >= 0.6 is 11.6 Å². The Morgan fingerprint density at radius 3 is 2.59 bits per heavy atom. The molecule has 6 heteroatoms. The van der Waals surface area contributed by atoms with Gasteiger partial charge in [-0.2, -0.15) is 0 Å². The van der Waals surface area contributed by atoms with Gasteiger partial charge >= 0.3 is 5.97 Å². The van der Waals surface area contributed by atoms with Crippen LogP contribution in [-0.4, -0.2) is 30.8 Å². The zero-order valence-electron chi connectivity index (χ0n) is 13.5. The number of rotatable bonds is 9. The quantitative estimate of drug-likeness (QED) is 0.727. The van der Waals surface area contributed by atoms with Crippen molar-refractivity contribution < 1.29 is 19.4 Å². The molecule has 2 N–H and O–H groups in total. The zero-order chi connectivity index (χ0) is 16.7. The molecule has 0 aliphatic rings. The van der Waals surface area contributed by atoms with Crippen molar-refractivity contribution in [2.75, 3.05) is 13.7 Å². The molecule has 5 nitrogen and oxygen atoms in total. The highest BCUT2D eigenvalue weighted by Crippen LogP contribution is 2.36. The summed E-state index contributed by atoms with van der Waals surface area (Å²) in [5.41, 5.74) is 0.845. The monoisotopic (exact) mass is 329 g/mol. The van der Waals surface area contributed by atoms with Crippen molar-refractivity contribution in [1.82, 2.24) is 5.32 Å². The highest BCUT2D eigenvalue weighted by molar-refractivity contribution is 6.32. The molecule has 0 saturated heterocycles. The Morgan fingerprint density at radius 2 is 2.09 bits per heavy atom. The summed E-state index contributed by atoms with van der Waals surface area (Å²) in [6, 6.07) is 2.96. The number of carboxylic acids is 1. The van der Waals surface area contributed by atoms with E-state index in [1.807, 2.05) is 26.8 Å². The van der Waals surface area contributed by atoms with E-state index in [0.717, 1.165) is 12.0 Å². The molecule has 0 heterocycles. The first-order valence-electron chi connectivity index (χ1n) is 7.36. The minimum Gasteiger partial charge on any atom is -0.493 e. The van der Waals surface area contributed by atoms with E-state index >= 15 is 0 Å². The largest absolute Gasteiger partial charge is 0.493 e. The third kappa shape index (κ3) is 5.07. The van der Waals surface area contributed by atoms with Gasteiger partial charge < -0.3 is 19.9 Å². The predicted molar refractivity (Wildman–Crippen MR) is 86.9 cm³/mol. The predicted octanol–water partition coefficient (Wildman–Crippen LogP) is 3.34. The molecule has 0 aromatic heterocycles. The van der Waals surface area contributed by atoms with E-state index in [2.05, 4.69) is 5.32 Å². The highest BCUT2D eigenvalue weighted by Gasteiger charge is 2.21. The van der Waals surface area contributed by atoms with Gasteiger partial charge in [0.05, 0.1) is 18.7 Å². The summed E-state index contributed by atoms with van der Waals surface area (Å²) in [4.78, 5) is 11.2. The van der Waals surface area contributed by atoms with Gasteiger partial charge in [0.15, 0.2) is 11.5 Å². The van der Waals surface area contributed by atoms with E-state index in [4.69, 9.17) is 21.1 Å². The smallest absolute Gasteiger partial charge is 0.320 e. The third-order valence-corrected chi connectivity index (χ3v) is 3.48. The Morgan fingerprint density at radius 1 is 1.41 bits per heavy atom. The fourth-order valence-corrected chi connectivity index (χ4v) is 2.34. The van der Waals surface area contributed by atoms with E-state index in [1.54, 1.807) is 13.2 Å². The van der Waals surface area contributed by atoms with Gasteiger partial charge in [-0.15, -0.1) is 0 Å². The van der Waals surface area contributed by atoms with Crippen LogP contribution in [0.5, 0.6) is 11.5 Å². The Labute approximate surface area is 136 Å². The van der Waals surface area contributed by atoms with Crippen molar-refractivity contribution in [2.45, 2.75) is 39.8 Å². The molecule has 124 valence electrons. The number of aliphatic carboxylic acids is 1. The van der Waals surface area contributed by atoms with Crippen LogP contribution in [0.4, 0.5) is 0 Å². The Hall–Kier alpha value is -1.46. The minimum absolute atomic E-state index is 0.0120. The SMILES string of the molecule is CCCOc1c(Cl)cc(CN[C@H](C(=O)O)C(C)C)cc1OC. The van der Waals surface area contributed by atoms with Crippen molar-refractivity contribution >= 4 is 17.6 Å². The molecule has 0 bridgehead atoms. The van der Waals surface area contributed by atoms with Crippen molar-refractivity contribution in [2.24, 2.45) is 5.92 Å². The Kier molecular flexibility index (Phi) is 7.48. The minimum atomic E-state index is -0.865. The van der Waals surface area contributed by atoms with Crippen LogP contribution in [0.25, 0.3) is 0 Å². The maximum atomic E-state index is 11.2. The van der Waals surface area contributed by atoms with E-state index in [1.165, 1.54) is 0 Å². The summed E-state index contributed by atoms with van der Waals surface area (Å²) >= 11 is 6.24. The van der Waals surface area contributed by atoms with E-state index in [-0.39, 0.29) is 5.92 Å². The summed E-state index contributed by atoms with van der Waals surface area (Å²) in [7, 11) is 1.55. The van der Waals surface area contributed by atoms with Crippen LogP contribution in [0.1, 0.15) is 32.8 Å². The van der Waals surface area contributed by atoms with E-state index in [0.29, 0.717) is 29.7 Å². The van der Waals surface area contributed by atoms with Crippen LogP contribution in [-0.2, 0) is 11.3 Å². The number of hydrogen-bond acceptors (Lipinski definition) is 4. The fourth-order valence-electron chi connectivity index (χ4n) is 2.06. The van der Waals surface area contributed by atoms with Crippen LogP contribution in [0, 0.1) is 5.92 Å². The van der Waals surface area contributed by atoms with Crippen LogP contribution in [0.3, 0.4) is 0 Å². The molecule has 0 fully saturated rings. The molecule has 0 saturated carbocycles. The van der Waals surface area contributed by atoms with Gasteiger partial charge in [0.1, 0.15) is 6.04 Å². The molecule has 0 radical (unpaired) electrons. The molecule has 0 aliphatic carbocycles. The number of carboxylic acid groups (broad SMARTS) is 1. The number of hydrogen-bond donors (Lipinski definition) is 2. The zero-order valence-corrected chi connectivity index (χ0v) is 14.2. The molecule has 1 aromatic carbocycles. The van der Waals surface area contributed by atoms with E-state index < -0.39 is 12.0 Å². The van der Waals surface area contributed by atoms with E-state index in [9.17, 15) is 9.90 Å². The van der Waals surface area contributed by atoms with Crippen molar-refractivity contribution in [1.29, 1.82) is 0 Å². The molecule has 0 amide bonds. The van der Waals surface area contributed by atoms with Crippen LogP contribution < -0.4 is 14.8 Å². The second kappa shape index (κ2) is 8.86. The van der Waals surface area contributed by atoms with Crippen molar-refractivity contribution in [3.63, 3.8) is 0 Å². The first kappa shape index (κ1) is 18.6. The molecule has 0 aliphatic heterocycles. The fraction of sp³-hybridized carbons (Fsp3) is 0.562. The number of methoxy groups -OCH3 is 1. The third-order valence-electron chi connectivity index (χ3n) is 3.20. The van der Waals surface area contributed by atoms with Gasteiger partial charge in [-0.05, 0) is 30.0 Å². The molecule has 0 spiro atoms. The van der Waals surface area contributed by atoms with Crippen molar-refractivity contribution in [3.8, 4) is 11.5 Å². The number of carbonyl (C=O) groups is 1. The summed E-state index contributed by atoms with van der Waals surface area (Å²) in [6.45, 7) is 6.68. The number of halogens is 1. The Balaban J connectivity index is 2.88. The molecular formula is C16H24ClNO4. The first-order valence-corrected chi connectivity index (χ1v) is 7.73. The lowest BCUT2D eigenvalue weighted by atomic mass is 10.0. The number of nitrogens with one attached hydrogen (secondary N) is 1. The van der Waals surface area contributed by atoms with Gasteiger partial charge in [-0.1, -0.05) is 32.4 Å². The molecule has 1 rings (SSSR count). The summed E-state index contributed by atoms with van der Waals surface area (Å²) in [5.74, 6) is 0.195. The molecule has 22 heavy (non-hydrogen) atoms. The van der Waals surface area contributed by atoms with Crippen molar-refractivity contribution in [3.05, 3.63) is 22.7 Å². The Bertz CT molecular complexity index is 505. The highest BCUT2D eigenvalue weighted by atomic mass is 35.5. The number of benzene rings is 1. The maximum absolute atomic E-state index is 11.2. The molecular weight excluding hydrogens is 306 g/mol. The number of ether oxygens (including phenoxy) is 2. The summed E-state index contributed by atoms with van der Waals surface area (Å²) in [6.07, 6.45) is 0.872. The lowest BCUT2D eigenvalue weighted by Gasteiger charge is -2.19. The topological polar surface area (TPSA) is 67.8 Å². The maximum Gasteiger partial charge on any atom is 0.320 e. The van der Waals surface area contributed by atoms with Gasteiger partial charge in [0, 0.05) is 6.54 Å². The van der Waals surface area contributed by atoms with Gasteiger partial charge in [-0.3, -0.25) is 4.79 Å². The lowest BCUT2D eigenvalue weighted by Crippen LogP contribution is -2.40. The molecule has 1 atom stereocenters. The second-order valence-corrected chi connectivity index (χ2v) is 5.81. The van der Waals surface area contributed by atoms with Crippen LogP contribution in [0.15, 0.2) is 12.1 Å². The summed E-state index contributed by atoms with van der Waals surface area (Å²) < 4.78 is 10.9.